The van der Waals surface area contributed by atoms with E-state index in [2.05, 4.69) is 34.7 Å². The highest BCUT2D eigenvalue weighted by atomic mass is 16.3. The first-order valence-electron chi connectivity index (χ1n) is 7.66. The van der Waals surface area contributed by atoms with Gasteiger partial charge < -0.3 is 10.0 Å². The maximum absolute atomic E-state index is 9.63. The van der Waals surface area contributed by atoms with E-state index in [0.717, 1.165) is 51.4 Å². The zero-order valence-corrected chi connectivity index (χ0v) is 12.8. The van der Waals surface area contributed by atoms with Crippen LogP contribution in [0.15, 0.2) is 24.4 Å². The summed E-state index contributed by atoms with van der Waals surface area (Å²) < 4.78 is 0. The first kappa shape index (κ1) is 15.3. The quantitative estimate of drug-likeness (QED) is 0.863. The summed E-state index contributed by atoms with van der Waals surface area (Å²) in [5, 5.41) is 9.63. The van der Waals surface area contributed by atoms with Crippen LogP contribution in [0, 0.1) is 5.41 Å². The Morgan fingerprint density at radius 3 is 2.55 bits per heavy atom. The van der Waals surface area contributed by atoms with E-state index >= 15 is 0 Å². The van der Waals surface area contributed by atoms with Crippen molar-refractivity contribution in [2.45, 2.75) is 26.7 Å². The minimum absolute atomic E-state index is 0.0436. The number of nitrogens with zero attached hydrogens (tertiary/aromatic N) is 3. The molecule has 4 heteroatoms. The summed E-state index contributed by atoms with van der Waals surface area (Å²) in [6.07, 6.45) is 4.07. The number of hydrogen-bond acceptors (Lipinski definition) is 4. The molecule has 1 aromatic heterocycles. The molecule has 1 N–H and O–H groups in total. The van der Waals surface area contributed by atoms with Gasteiger partial charge in [0.15, 0.2) is 0 Å². The third-order valence-corrected chi connectivity index (χ3v) is 4.19. The molecule has 0 spiro atoms. The maximum Gasteiger partial charge on any atom is 0.128 e. The second kappa shape index (κ2) is 7.04. The first-order valence-corrected chi connectivity index (χ1v) is 7.66. The van der Waals surface area contributed by atoms with Crippen LogP contribution in [0.2, 0.25) is 0 Å². The van der Waals surface area contributed by atoms with E-state index in [9.17, 15) is 5.11 Å². The summed E-state index contributed by atoms with van der Waals surface area (Å²) in [5.74, 6) is 1.07. The molecule has 0 saturated carbocycles. The van der Waals surface area contributed by atoms with Gasteiger partial charge >= 0.3 is 0 Å². The maximum atomic E-state index is 9.63. The largest absolute Gasteiger partial charge is 0.396 e. The number of aliphatic hydroxyl groups is 1. The number of rotatable bonds is 6. The molecule has 1 fully saturated rings. The molecule has 0 aliphatic carbocycles. The number of anilines is 1. The van der Waals surface area contributed by atoms with Gasteiger partial charge in [-0.3, -0.25) is 4.90 Å². The molecule has 0 aromatic carbocycles. The zero-order chi connectivity index (χ0) is 14.4. The molecule has 1 atom stereocenters. The average Bonchev–Trinajstić information content (AvgIpc) is 2.49. The van der Waals surface area contributed by atoms with E-state index in [1.165, 1.54) is 0 Å². The molecule has 1 unspecified atom stereocenters. The number of aromatic nitrogens is 1. The van der Waals surface area contributed by atoms with Crippen LogP contribution in [-0.4, -0.2) is 54.3 Å². The standard InChI is InChI=1S/C16H27N3O/c1-3-7-16(2,14-20)13-18-9-11-19(12-10-18)15-6-4-5-8-17-15/h4-6,8,20H,3,7,9-14H2,1-2H3. The summed E-state index contributed by atoms with van der Waals surface area (Å²) in [7, 11) is 0. The molecule has 1 saturated heterocycles. The topological polar surface area (TPSA) is 39.6 Å². The lowest BCUT2D eigenvalue weighted by Crippen LogP contribution is -2.50. The molecule has 20 heavy (non-hydrogen) atoms. The highest BCUT2D eigenvalue weighted by Crippen LogP contribution is 2.25. The molecule has 2 rings (SSSR count). The van der Waals surface area contributed by atoms with Gasteiger partial charge in [-0.1, -0.05) is 26.3 Å². The normalized spacial score (nSPS) is 19.9. The highest BCUT2D eigenvalue weighted by Gasteiger charge is 2.27. The first-order chi connectivity index (χ1) is 9.67. The Hall–Kier alpha value is -1.13. The van der Waals surface area contributed by atoms with E-state index < -0.39 is 0 Å². The van der Waals surface area contributed by atoms with E-state index in [1.54, 1.807) is 0 Å². The summed E-state index contributed by atoms with van der Waals surface area (Å²) >= 11 is 0. The number of aliphatic hydroxyl groups excluding tert-OH is 1. The summed E-state index contributed by atoms with van der Waals surface area (Å²) in [5.41, 5.74) is 0.0436. The Morgan fingerprint density at radius 2 is 2.00 bits per heavy atom. The van der Waals surface area contributed by atoms with Crippen LogP contribution >= 0.6 is 0 Å². The summed E-state index contributed by atoms with van der Waals surface area (Å²) in [6.45, 7) is 9.80. The van der Waals surface area contributed by atoms with Gasteiger partial charge in [-0.25, -0.2) is 4.98 Å². The molecule has 0 bridgehead atoms. The molecule has 1 aliphatic heterocycles. The fourth-order valence-electron chi connectivity index (χ4n) is 3.03. The van der Waals surface area contributed by atoms with Crippen molar-refractivity contribution in [2.24, 2.45) is 5.41 Å². The van der Waals surface area contributed by atoms with Crippen molar-refractivity contribution < 1.29 is 5.11 Å². The van der Waals surface area contributed by atoms with Crippen molar-refractivity contribution >= 4 is 5.82 Å². The molecule has 2 heterocycles. The van der Waals surface area contributed by atoms with Crippen LogP contribution in [0.25, 0.3) is 0 Å². The molecular formula is C16H27N3O. The van der Waals surface area contributed by atoms with Crippen LogP contribution in [0.3, 0.4) is 0 Å². The monoisotopic (exact) mass is 277 g/mol. The summed E-state index contributed by atoms with van der Waals surface area (Å²) in [6, 6.07) is 6.07. The Balaban J connectivity index is 1.85. The fraction of sp³-hybridized carbons (Fsp3) is 0.688. The van der Waals surface area contributed by atoms with Gasteiger partial charge in [0.25, 0.3) is 0 Å². The van der Waals surface area contributed by atoms with E-state index in [4.69, 9.17) is 0 Å². The number of hydrogen-bond donors (Lipinski definition) is 1. The van der Waals surface area contributed by atoms with Gasteiger partial charge in [0.1, 0.15) is 5.82 Å². The van der Waals surface area contributed by atoms with Crippen LogP contribution < -0.4 is 4.90 Å². The van der Waals surface area contributed by atoms with Crippen molar-refractivity contribution in [3.05, 3.63) is 24.4 Å². The van der Waals surface area contributed by atoms with Gasteiger partial charge in [0.05, 0.1) is 0 Å². The van der Waals surface area contributed by atoms with Crippen LogP contribution in [-0.2, 0) is 0 Å². The van der Waals surface area contributed by atoms with Crippen LogP contribution in [0.5, 0.6) is 0 Å². The Bertz CT molecular complexity index is 390. The van der Waals surface area contributed by atoms with Gasteiger partial charge in [-0.2, -0.15) is 0 Å². The Morgan fingerprint density at radius 1 is 1.25 bits per heavy atom. The van der Waals surface area contributed by atoms with Gasteiger partial charge in [-0.05, 0) is 18.6 Å². The van der Waals surface area contributed by atoms with Crippen LogP contribution in [0.4, 0.5) is 5.82 Å². The highest BCUT2D eigenvalue weighted by molar-refractivity contribution is 5.38. The average molecular weight is 277 g/mol. The molecule has 1 aliphatic rings. The fourth-order valence-corrected chi connectivity index (χ4v) is 3.03. The predicted octanol–water partition coefficient (Wildman–Crippen LogP) is 2.00. The third-order valence-electron chi connectivity index (χ3n) is 4.19. The molecule has 112 valence electrons. The zero-order valence-electron chi connectivity index (χ0n) is 12.8. The van der Waals surface area contributed by atoms with Crippen molar-refractivity contribution in [3.63, 3.8) is 0 Å². The van der Waals surface area contributed by atoms with E-state index in [-0.39, 0.29) is 12.0 Å². The van der Waals surface area contributed by atoms with Gasteiger partial charge in [0.2, 0.25) is 0 Å². The molecule has 0 radical (unpaired) electrons. The molecular weight excluding hydrogens is 250 g/mol. The number of pyridine rings is 1. The molecule has 1 aromatic rings. The lowest BCUT2D eigenvalue weighted by atomic mass is 9.86. The lowest BCUT2D eigenvalue weighted by Gasteiger charge is -2.40. The smallest absolute Gasteiger partial charge is 0.128 e. The predicted molar refractivity (Wildman–Crippen MR) is 83.0 cm³/mol. The van der Waals surface area contributed by atoms with E-state index in [0.29, 0.717) is 0 Å². The molecule has 4 nitrogen and oxygen atoms in total. The van der Waals surface area contributed by atoms with Crippen LogP contribution in [0.1, 0.15) is 26.7 Å². The van der Waals surface area contributed by atoms with Crippen molar-refractivity contribution in [1.29, 1.82) is 0 Å². The second-order valence-electron chi connectivity index (χ2n) is 6.17. The van der Waals surface area contributed by atoms with Crippen molar-refractivity contribution in [2.75, 3.05) is 44.2 Å². The molecule has 0 amide bonds. The van der Waals surface area contributed by atoms with Crippen molar-refractivity contribution in [3.8, 4) is 0 Å². The Labute approximate surface area is 122 Å². The van der Waals surface area contributed by atoms with Gasteiger partial charge in [-0.15, -0.1) is 0 Å². The second-order valence-corrected chi connectivity index (χ2v) is 6.17. The van der Waals surface area contributed by atoms with Gasteiger partial charge in [0, 0.05) is 50.9 Å². The minimum atomic E-state index is 0.0436. The number of piperazine rings is 1. The summed E-state index contributed by atoms with van der Waals surface area (Å²) in [4.78, 5) is 9.23. The minimum Gasteiger partial charge on any atom is -0.396 e. The Kier molecular flexibility index (Phi) is 5.38. The SMILES string of the molecule is CCCC(C)(CO)CN1CCN(c2ccccn2)CC1. The lowest BCUT2D eigenvalue weighted by molar-refractivity contribution is 0.0771. The van der Waals surface area contributed by atoms with Crippen molar-refractivity contribution in [1.82, 2.24) is 9.88 Å². The van der Waals surface area contributed by atoms with E-state index in [1.807, 2.05) is 18.3 Å². The third kappa shape index (κ3) is 3.93.